The summed E-state index contributed by atoms with van der Waals surface area (Å²) in [5, 5.41) is 3.54. The largest absolute Gasteiger partial charge is 0.491 e. The van der Waals surface area contributed by atoms with E-state index in [0.717, 1.165) is 16.3 Å². The predicted octanol–water partition coefficient (Wildman–Crippen LogP) is 4.81. The van der Waals surface area contributed by atoms with E-state index in [2.05, 4.69) is 5.32 Å². The van der Waals surface area contributed by atoms with E-state index in [1.54, 1.807) is 17.8 Å². The van der Waals surface area contributed by atoms with Crippen molar-refractivity contribution in [2.75, 3.05) is 29.7 Å². The molecule has 0 aliphatic rings. The molecule has 0 atom stereocenters. The van der Waals surface area contributed by atoms with E-state index in [1.807, 2.05) is 48.7 Å². The van der Waals surface area contributed by atoms with Crippen LogP contribution in [0.3, 0.4) is 0 Å². The molecular weight excluding hydrogens is 350 g/mol. The minimum absolute atomic E-state index is 0.00533. The lowest BCUT2D eigenvalue weighted by molar-refractivity contribution is -0.113. The summed E-state index contributed by atoms with van der Waals surface area (Å²) >= 11 is 9.15. The molecule has 0 aromatic heterocycles. The van der Waals surface area contributed by atoms with Gasteiger partial charge >= 0.3 is 0 Å². The molecule has 0 saturated heterocycles. The SMILES string of the molecule is CSc1ccccc1NC(=O)CSCCOc1ccccc1Cl. The summed E-state index contributed by atoms with van der Waals surface area (Å²) in [4.78, 5) is 13.0. The van der Waals surface area contributed by atoms with Crippen molar-refractivity contribution in [2.45, 2.75) is 4.90 Å². The fourth-order valence-electron chi connectivity index (χ4n) is 1.87. The second kappa shape index (κ2) is 9.75. The summed E-state index contributed by atoms with van der Waals surface area (Å²) in [7, 11) is 0. The molecule has 23 heavy (non-hydrogen) atoms. The Morgan fingerprint density at radius 1 is 1.17 bits per heavy atom. The smallest absolute Gasteiger partial charge is 0.234 e. The highest BCUT2D eigenvalue weighted by Crippen LogP contribution is 2.25. The average Bonchev–Trinajstić information content (AvgIpc) is 2.56. The molecule has 3 nitrogen and oxygen atoms in total. The van der Waals surface area contributed by atoms with Crippen LogP contribution in [0, 0.1) is 0 Å². The van der Waals surface area contributed by atoms with E-state index in [-0.39, 0.29) is 5.91 Å². The van der Waals surface area contributed by atoms with Gasteiger partial charge in [0.05, 0.1) is 23.1 Å². The van der Waals surface area contributed by atoms with Crippen LogP contribution in [0.2, 0.25) is 5.02 Å². The van der Waals surface area contributed by atoms with Crippen LogP contribution in [0.15, 0.2) is 53.4 Å². The van der Waals surface area contributed by atoms with Crippen molar-refractivity contribution in [1.82, 2.24) is 0 Å². The van der Waals surface area contributed by atoms with Gasteiger partial charge in [-0.3, -0.25) is 4.79 Å². The Morgan fingerprint density at radius 2 is 1.91 bits per heavy atom. The van der Waals surface area contributed by atoms with Gasteiger partial charge in [0.1, 0.15) is 5.75 Å². The van der Waals surface area contributed by atoms with Crippen LogP contribution < -0.4 is 10.1 Å². The Hall–Kier alpha value is -1.30. The third kappa shape index (κ3) is 6.01. The summed E-state index contributed by atoms with van der Waals surface area (Å²) in [6, 6.07) is 15.1. The Balaban J connectivity index is 1.68. The number of anilines is 1. The van der Waals surface area contributed by atoms with Crippen molar-refractivity contribution in [3.05, 3.63) is 53.6 Å². The minimum Gasteiger partial charge on any atom is -0.491 e. The number of benzene rings is 2. The van der Waals surface area contributed by atoms with E-state index < -0.39 is 0 Å². The molecule has 0 radical (unpaired) electrons. The van der Waals surface area contributed by atoms with E-state index in [9.17, 15) is 4.79 Å². The number of para-hydroxylation sites is 2. The maximum atomic E-state index is 12.0. The van der Waals surface area contributed by atoms with Gasteiger partial charge in [-0.15, -0.1) is 23.5 Å². The van der Waals surface area contributed by atoms with Crippen LogP contribution in [-0.2, 0) is 4.79 Å². The number of halogens is 1. The van der Waals surface area contributed by atoms with Gasteiger partial charge in [-0.2, -0.15) is 0 Å². The number of carbonyl (C=O) groups excluding carboxylic acids is 1. The minimum atomic E-state index is -0.00533. The van der Waals surface area contributed by atoms with Crippen LogP contribution in [0.4, 0.5) is 5.69 Å². The van der Waals surface area contributed by atoms with Crippen molar-refractivity contribution < 1.29 is 9.53 Å². The van der Waals surface area contributed by atoms with Crippen molar-refractivity contribution in [3.63, 3.8) is 0 Å². The molecule has 0 unspecified atom stereocenters. The lowest BCUT2D eigenvalue weighted by Gasteiger charge is -2.09. The Kier molecular flexibility index (Phi) is 7.65. The number of carbonyl (C=O) groups is 1. The van der Waals surface area contributed by atoms with Crippen molar-refractivity contribution in [2.24, 2.45) is 0 Å². The molecule has 2 aromatic rings. The van der Waals surface area contributed by atoms with E-state index in [1.165, 1.54) is 11.8 Å². The van der Waals surface area contributed by atoms with Gasteiger partial charge in [-0.05, 0) is 30.5 Å². The Morgan fingerprint density at radius 3 is 2.70 bits per heavy atom. The van der Waals surface area contributed by atoms with Crippen LogP contribution >= 0.6 is 35.1 Å². The molecule has 2 aromatic carbocycles. The van der Waals surface area contributed by atoms with Crippen molar-refractivity contribution in [1.29, 1.82) is 0 Å². The highest BCUT2D eigenvalue weighted by atomic mass is 35.5. The quantitative estimate of drug-likeness (QED) is 0.536. The first-order valence-corrected chi connectivity index (χ1v) is 9.84. The summed E-state index contributed by atoms with van der Waals surface area (Å²) in [5.74, 6) is 1.79. The molecular formula is C17H18ClNO2S2. The number of amides is 1. The molecule has 1 amide bonds. The average molecular weight is 368 g/mol. The first kappa shape index (κ1) is 18.0. The van der Waals surface area contributed by atoms with Crippen LogP contribution in [0.1, 0.15) is 0 Å². The number of rotatable bonds is 8. The molecule has 0 bridgehead atoms. The molecule has 122 valence electrons. The summed E-state index contributed by atoms with van der Waals surface area (Å²) < 4.78 is 5.59. The second-order valence-electron chi connectivity index (χ2n) is 4.58. The van der Waals surface area contributed by atoms with Gasteiger partial charge < -0.3 is 10.1 Å². The normalized spacial score (nSPS) is 10.3. The first-order chi connectivity index (χ1) is 11.2. The zero-order valence-electron chi connectivity index (χ0n) is 12.8. The highest BCUT2D eigenvalue weighted by Gasteiger charge is 2.06. The number of ether oxygens (including phenoxy) is 1. The lowest BCUT2D eigenvalue weighted by Crippen LogP contribution is -2.15. The molecule has 1 N–H and O–H groups in total. The third-order valence-electron chi connectivity index (χ3n) is 2.94. The topological polar surface area (TPSA) is 38.3 Å². The molecule has 6 heteroatoms. The van der Waals surface area contributed by atoms with E-state index >= 15 is 0 Å². The molecule has 2 rings (SSSR count). The zero-order valence-corrected chi connectivity index (χ0v) is 15.1. The van der Waals surface area contributed by atoms with Gasteiger partial charge in [-0.25, -0.2) is 0 Å². The van der Waals surface area contributed by atoms with Gasteiger partial charge in [0.2, 0.25) is 5.91 Å². The third-order valence-corrected chi connectivity index (χ3v) is 4.97. The van der Waals surface area contributed by atoms with Gasteiger partial charge in [-0.1, -0.05) is 35.9 Å². The maximum Gasteiger partial charge on any atom is 0.234 e. The lowest BCUT2D eigenvalue weighted by atomic mass is 10.3. The van der Waals surface area contributed by atoms with Gasteiger partial charge in [0.15, 0.2) is 0 Å². The molecule has 0 heterocycles. The molecule has 0 aliphatic heterocycles. The van der Waals surface area contributed by atoms with Crippen LogP contribution in [0.5, 0.6) is 5.75 Å². The molecule has 0 aliphatic carbocycles. The monoisotopic (exact) mass is 367 g/mol. The zero-order chi connectivity index (χ0) is 16.5. The van der Waals surface area contributed by atoms with E-state index in [4.69, 9.17) is 16.3 Å². The van der Waals surface area contributed by atoms with Crippen LogP contribution in [0.25, 0.3) is 0 Å². The second-order valence-corrected chi connectivity index (χ2v) is 6.94. The standard InChI is InChI=1S/C17H18ClNO2S2/c1-22-16-9-5-3-7-14(16)19-17(20)12-23-11-10-21-15-8-4-2-6-13(15)18/h2-9H,10-12H2,1H3,(H,19,20). The fourth-order valence-corrected chi connectivity index (χ4v) is 3.22. The maximum absolute atomic E-state index is 12.0. The number of hydrogen-bond donors (Lipinski definition) is 1. The summed E-state index contributed by atoms with van der Waals surface area (Å²) in [6.45, 7) is 0.517. The van der Waals surface area contributed by atoms with Gasteiger partial charge in [0, 0.05) is 10.6 Å². The Bertz CT molecular complexity index is 652. The highest BCUT2D eigenvalue weighted by molar-refractivity contribution is 8.00. The number of nitrogens with one attached hydrogen (secondary N) is 1. The van der Waals surface area contributed by atoms with Crippen LogP contribution in [-0.4, -0.2) is 30.3 Å². The Labute approximate surface area is 150 Å². The van der Waals surface area contributed by atoms with Gasteiger partial charge in [0.25, 0.3) is 0 Å². The molecule has 0 fully saturated rings. The molecule has 0 saturated carbocycles. The van der Waals surface area contributed by atoms with E-state index in [0.29, 0.717) is 23.1 Å². The number of hydrogen-bond acceptors (Lipinski definition) is 4. The fraction of sp³-hybridized carbons (Fsp3) is 0.235. The van der Waals surface area contributed by atoms with Crippen molar-refractivity contribution >= 4 is 46.7 Å². The molecule has 0 spiro atoms. The summed E-state index contributed by atoms with van der Waals surface area (Å²) in [6.07, 6.45) is 1.99. The first-order valence-electron chi connectivity index (χ1n) is 7.08. The summed E-state index contributed by atoms with van der Waals surface area (Å²) in [5.41, 5.74) is 0.859. The predicted molar refractivity (Wildman–Crippen MR) is 101 cm³/mol. The van der Waals surface area contributed by atoms with Crippen molar-refractivity contribution in [3.8, 4) is 5.75 Å². The number of thioether (sulfide) groups is 2.